The van der Waals surface area contributed by atoms with Gasteiger partial charge in [0.1, 0.15) is 23.7 Å². The van der Waals surface area contributed by atoms with E-state index < -0.39 is 0 Å². The number of imidazole rings is 1. The molecule has 3 aromatic rings. The van der Waals surface area contributed by atoms with Crippen LogP contribution >= 0.6 is 0 Å². The van der Waals surface area contributed by atoms with Gasteiger partial charge in [-0.25, -0.2) is 4.98 Å². The SMILES string of the molecule is CC1C(C2CC2)c2[nH]c(CN3CCCCC3)nc2C(=O)N1c1cccc(C2(c3nncn3C)CC3(CC3)C2)c1. The number of hydrogen-bond donors (Lipinski definition) is 1. The van der Waals surface area contributed by atoms with Gasteiger partial charge in [0.05, 0.1) is 17.7 Å². The molecule has 5 aliphatic rings. The lowest BCUT2D eigenvalue weighted by atomic mass is 9.56. The molecule has 1 aromatic carbocycles. The molecule has 2 aromatic heterocycles. The van der Waals surface area contributed by atoms with Crippen LogP contribution in [0.15, 0.2) is 30.6 Å². The van der Waals surface area contributed by atoms with Gasteiger partial charge in [-0.3, -0.25) is 9.69 Å². The number of nitrogens with one attached hydrogen (secondary N) is 1. The van der Waals surface area contributed by atoms with E-state index in [0.29, 0.717) is 22.9 Å². The van der Waals surface area contributed by atoms with Crippen LogP contribution in [-0.4, -0.2) is 54.7 Å². The largest absolute Gasteiger partial charge is 0.344 e. The maximum absolute atomic E-state index is 14.2. The molecule has 204 valence electrons. The van der Waals surface area contributed by atoms with Crippen LogP contribution in [0.3, 0.4) is 0 Å². The molecule has 8 nitrogen and oxygen atoms in total. The van der Waals surface area contributed by atoms with Gasteiger partial charge in [-0.15, -0.1) is 10.2 Å². The van der Waals surface area contributed by atoms with Crippen LogP contribution in [0.25, 0.3) is 0 Å². The molecule has 8 heteroatoms. The number of benzene rings is 1. The Kier molecular flexibility index (Phi) is 5.20. The average molecular weight is 526 g/mol. The van der Waals surface area contributed by atoms with Crippen LogP contribution < -0.4 is 4.90 Å². The number of fused-ring (bicyclic) bond motifs is 1. The molecule has 3 saturated carbocycles. The summed E-state index contributed by atoms with van der Waals surface area (Å²) in [6.07, 6.45) is 13.0. The maximum atomic E-state index is 14.2. The topological polar surface area (TPSA) is 82.9 Å². The van der Waals surface area contributed by atoms with Gasteiger partial charge in [-0.05, 0) is 100 Å². The summed E-state index contributed by atoms with van der Waals surface area (Å²) in [6, 6.07) is 8.84. The molecule has 1 spiro atoms. The summed E-state index contributed by atoms with van der Waals surface area (Å²) in [5.41, 5.74) is 4.33. The normalized spacial score (nSPS) is 27.4. The molecule has 0 radical (unpaired) electrons. The third-order valence-electron chi connectivity index (χ3n) is 10.5. The highest BCUT2D eigenvalue weighted by atomic mass is 16.2. The predicted octanol–water partition coefficient (Wildman–Crippen LogP) is 4.93. The molecule has 2 aliphatic heterocycles. The lowest BCUT2D eigenvalue weighted by Crippen LogP contribution is -2.48. The number of rotatable bonds is 6. The number of anilines is 1. The van der Waals surface area contributed by atoms with Crippen LogP contribution in [0.1, 0.15) is 104 Å². The summed E-state index contributed by atoms with van der Waals surface area (Å²) in [5.74, 6) is 2.95. The van der Waals surface area contributed by atoms with Crippen molar-refractivity contribution in [3.05, 3.63) is 59.2 Å². The zero-order valence-corrected chi connectivity index (χ0v) is 23.2. The number of H-pyrrole nitrogens is 1. The molecule has 1 amide bonds. The quantitative estimate of drug-likeness (QED) is 0.494. The number of aryl methyl sites for hydroxylation is 1. The molecular weight excluding hydrogens is 486 g/mol. The lowest BCUT2D eigenvalue weighted by Gasteiger charge is -2.48. The van der Waals surface area contributed by atoms with Gasteiger partial charge >= 0.3 is 0 Å². The Labute approximate surface area is 230 Å². The number of aromatic amines is 1. The first-order chi connectivity index (χ1) is 19.0. The maximum Gasteiger partial charge on any atom is 0.279 e. The van der Waals surface area contributed by atoms with Gasteiger partial charge in [-0.2, -0.15) is 0 Å². The molecule has 8 rings (SSSR count). The van der Waals surface area contributed by atoms with Crippen molar-refractivity contribution in [3.63, 3.8) is 0 Å². The van der Waals surface area contributed by atoms with Crippen LogP contribution in [-0.2, 0) is 19.0 Å². The summed E-state index contributed by atoms with van der Waals surface area (Å²) in [6.45, 7) is 5.29. The van der Waals surface area contributed by atoms with Crippen molar-refractivity contribution in [3.8, 4) is 0 Å². The first kappa shape index (κ1) is 23.9. The van der Waals surface area contributed by atoms with E-state index in [9.17, 15) is 4.79 Å². The van der Waals surface area contributed by atoms with Crippen molar-refractivity contribution in [2.45, 2.75) is 88.6 Å². The zero-order chi connectivity index (χ0) is 26.4. The molecule has 2 unspecified atom stereocenters. The molecule has 4 fully saturated rings. The Hall–Kier alpha value is -3.00. The van der Waals surface area contributed by atoms with E-state index in [1.807, 2.05) is 6.33 Å². The molecule has 1 saturated heterocycles. The summed E-state index contributed by atoms with van der Waals surface area (Å²) in [5, 5.41) is 8.83. The number of aromatic nitrogens is 5. The van der Waals surface area contributed by atoms with Gasteiger partial charge in [-0.1, -0.05) is 18.6 Å². The molecule has 39 heavy (non-hydrogen) atoms. The second kappa shape index (κ2) is 8.50. The Morgan fingerprint density at radius 1 is 1.10 bits per heavy atom. The highest BCUT2D eigenvalue weighted by Gasteiger charge is 2.63. The van der Waals surface area contributed by atoms with E-state index in [4.69, 9.17) is 4.98 Å². The second-order valence-corrected chi connectivity index (χ2v) is 13.3. The minimum atomic E-state index is -0.130. The fraction of sp³-hybridized carbons (Fsp3) is 0.613. The number of hydrogen-bond acceptors (Lipinski definition) is 5. The monoisotopic (exact) mass is 525 g/mol. The number of nitrogens with zero attached hydrogens (tertiary/aromatic N) is 6. The molecular formula is C31H39N7O. The fourth-order valence-corrected chi connectivity index (χ4v) is 8.30. The number of carbonyl (C=O) groups is 1. The van der Waals surface area contributed by atoms with E-state index in [1.165, 1.54) is 50.5 Å². The highest BCUT2D eigenvalue weighted by Crippen LogP contribution is 2.70. The average Bonchev–Trinajstić information content (AvgIpc) is 3.83. The van der Waals surface area contributed by atoms with Crippen LogP contribution in [0.5, 0.6) is 0 Å². The molecule has 1 N–H and O–H groups in total. The number of likely N-dealkylation sites (tertiary alicyclic amines) is 1. The van der Waals surface area contributed by atoms with Gasteiger partial charge in [0, 0.05) is 24.7 Å². The Balaban J connectivity index is 1.16. The summed E-state index contributed by atoms with van der Waals surface area (Å²) in [7, 11) is 2.05. The molecule has 3 aliphatic carbocycles. The van der Waals surface area contributed by atoms with Crippen LogP contribution in [0, 0.1) is 11.3 Å². The first-order valence-corrected chi connectivity index (χ1v) is 15.1. The third kappa shape index (κ3) is 3.74. The highest BCUT2D eigenvalue weighted by molar-refractivity contribution is 6.07. The second-order valence-electron chi connectivity index (χ2n) is 13.3. The molecule has 4 heterocycles. The van der Waals surface area contributed by atoms with Crippen molar-refractivity contribution in [1.29, 1.82) is 0 Å². The van der Waals surface area contributed by atoms with Crippen molar-refractivity contribution < 1.29 is 4.79 Å². The van der Waals surface area contributed by atoms with Gasteiger partial charge < -0.3 is 14.5 Å². The molecule has 2 atom stereocenters. The smallest absolute Gasteiger partial charge is 0.279 e. The summed E-state index contributed by atoms with van der Waals surface area (Å²) in [4.78, 5) is 27.3. The van der Waals surface area contributed by atoms with Gasteiger partial charge in [0.2, 0.25) is 0 Å². The fourth-order valence-electron chi connectivity index (χ4n) is 8.30. The standard InChI is InChI=1S/C31H39N7O/c1-20-25(21-9-10-21)26-27(34-24(33-26)16-37-13-4-3-5-14-37)28(39)38(20)23-8-6-7-22(15-23)31(17-30(18-31)11-12-30)29-35-32-19-36(29)2/h6-8,15,19-21,25H,3-5,9-14,16-18H2,1-2H3,(H,33,34). The zero-order valence-electron chi connectivity index (χ0n) is 23.2. The van der Waals surface area contributed by atoms with Crippen molar-refractivity contribution in [2.24, 2.45) is 18.4 Å². The summed E-state index contributed by atoms with van der Waals surface area (Å²) < 4.78 is 2.08. The number of carbonyl (C=O) groups excluding carboxylic acids is 1. The van der Waals surface area contributed by atoms with Crippen LogP contribution in [0.2, 0.25) is 0 Å². The third-order valence-corrected chi connectivity index (χ3v) is 10.5. The van der Waals surface area contributed by atoms with E-state index in [-0.39, 0.29) is 17.4 Å². The van der Waals surface area contributed by atoms with Crippen molar-refractivity contribution in [2.75, 3.05) is 18.0 Å². The van der Waals surface area contributed by atoms with Gasteiger partial charge in [0.25, 0.3) is 5.91 Å². The van der Waals surface area contributed by atoms with E-state index >= 15 is 0 Å². The minimum absolute atomic E-state index is 0.0349. The lowest BCUT2D eigenvalue weighted by molar-refractivity contribution is 0.0955. The first-order valence-electron chi connectivity index (χ1n) is 15.1. The van der Waals surface area contributed by atoms with E-state index in [0.717, 1.165) is 55.5 Å². The van der Waals surface area contributed by atoms with E-state index in [1.54, 1.807) is 0 Å². The van der Waals surface area contributed by atoms with Gasteiger partial charge in [0.15, 0.2) is 0 Å². The minimum Gasteiger partial charge on any atom is -0.344 e. The van der Waals surface area contributed by atoms with Crippen LogP contribution in [0.4, 0.5) is 5.69 Å². The number of piperidine rings is 1. The molecule has 0 bridgehead atoms. The van der Waals surface area contributed by atoms with Crippen molar-refractivity contribution >= 4 is 11.6 Å². The Bertz CT molecular complexity index is 1420. The van der Waals surface area contributed by atoms with E-state index in [2.05, 4.69) is 67.8 Å². The number of amides is 1. The predicted molar refractivity (Wildman–Crippen MR) is 149 cm³/mol. The van der Waals surface area contributed by atoms with Crippen molar-refractivity contribution in [1.82, 2.24) is 29.6 Å². The summed E-state index contributed by atoms with van der Waals surface area (Å²) >= 11 is 0. The Morgan fingerprint density at radius 2 is 1.90 bits per heavy atom. The Morgan fingerprint density at radius 3 is 2.59 bits per heavy atom.